The lowest BCUT2D eigenvalue weighted by Gasteiger charge is -2.30. The Labute approximate surface area is 97.8 Å². The first-order valence-corrected chi connectivity index (χ1v) is 6.43. The zero-order chi connectivity index (χ0) is 11.4. The van der Waals surface area contributed by atoms with Gasteiger partial charge in [-0.1, -0.05) is 12.8 Å². The van der Waals surface area contributed by atoms with Crippen LogP contribution >= 0.6 is 0 Å². The van der Waals surface area contributed by atoms with Crippen molar-refractivity contribution in [3.05, 3.63) is 0 Å². The first kappa shape index (κ1) is 11.9. The molecule has 0 atom stereocenters. The molecule has 92 valence electrons. The van der Waals surface area contributed by atoms with Crippen LogP contribution < -0.4 is 10.6 Å². The minimum Gasteiger partial charge on any atom is -0.339 e. The van der Waals surface area contributed by atoms with Crippen molar-refractivity contribution in [3.63, 3.8) is 0 Å². The number of hydrogen-bond donors (Lipinski definition) is 2. The minimum atomic E-state index is 0.212. The maximum Gasteiger partial charge on any atom is 0.236 e. The van der Waals surface area contributed by atoms with Gasteiger partial charge in [-0.3, -0.25) is 4.79 Å². The number of rotatable bonds is 3. The summed E-state index contributed by atoms with van der Waals surface area (Å²) in [5.41, 5.74) is 0.212. The van der Waals surface area contributed by atoms with Gasteiger partial charge in [0.05, 0.1) is 6.54 Å². The van der Waals surface area contributed by atoms with Gasteiger partial charge in [-0.05, 0) is 19.8 Å². The van der Waals surface area contributed by atoms with E-state index in [1.54, 1.807) is 0 Å². The van der Waals surface area contributed by atoms with Crippen LogP contribution in [0.15, 0.2) is 0 Å². The number of piperazine rings is 1. The second-order valence-electron chi connectivity index (χ2n) is 5.25. The fraction of sp³-hybridized carbons (Fsp3) is 0.917. The molecule has 16 heavy (non-hydrogen) atoms. The third-order valence-corrected chi connectivity index (χ3v) is 3.84. The molecule has 4 nitrogen and oxygen atoms in total. The molecule has 1 aliphatic heterocycles. The topological polar surface area (TPSA) is 44.4 Å². The van der Waals surface area contributed by atoms with E-state index < -0.39 is 0 Å². The van der Waals surface area contributed by atoms with Crippen LogP contribution in [0.5, 0.6) is 0 Å². The van der Waals surface area contributed by atoms with Crippen LogP contribution in [-0.2, 0) is 4.79 Å². The monoisotopic (exact) mass is 225 g/mol. The predicted molar refractivity (Wildman–Crippen MR) is 64.3 cm³/mol. The Balaban J connectivity index is 1.74. The van der Waals surface area contributed by atoms with Gasteiger partial charge in [0.25, 0.3) is 0 Å². The molecule has 0 radical (unpaired) electrons. The second-order valence-corrected chi connectivity index (χ2v) is 5.25. The van der Waals surface area contributed by atoms with Gasteiger partial charge in [0.2, 0.25) is 5.91 Å². The largest absolute Gasteiger partial charge is 0.339 e. The number of nitrogens with one attached hydrogen (secondary N) is 2. The Morgan fingerprint density at radius 3 is 2.56 bits per heavy atom. The summed E-state index contributed by atoms with van der Waals surface area (Å²) in [5.74, 6) is 0.259. The van der Waals surface area contributed by atoms with Crippen molar-refractivity contribution in [1.29, 1.82) is 0 Å². The van der Waals surface area contributed by atoms with Gasteiger partial charge in [0, 0.05) is 31.7 Å². The summed E-state index contributed by atoms with van der Waals surface area (Å²) in [4.78, 5) is 13.9. The van der Waals surface area contributed by atoms with E-state index in [0.29, 0.717) is 6.54 Å². The molecule has 0 aromatic carbocycles. The van der Waals surface area contributed by atoms with Crippen molar-refractivity contribution >= 4 is 5.91 Å². The van der Waals surface area contributed by atoms with Crippen LogP contribution in [0.3, 0.4) is 0 Å². The van der Waals surface area contributed by atoms with Crippen LogP contribution in [0, 0.1) is 0 Å². The summed E-state index contributed by atoms with van der Waals surface area (Å²) in [7, 11) is 0. The van der Waals surface area contributed by atoms with Crippen molar-refractivity contribution in [3.8, 4) is 0 Å². The molecule has 2 N–H and O–H groups in total. The summed E-state index contributed by atoms with van der Waals surface area (Å²) in [6.07, 6.45) is 5.01. The van der Waals surface area contributed by atoms with Crippen molar-refractivity contribution in [2.75, 3.05) is 32.7 Å². The lowest BCUT2D eigenvalue weighted by atomic mass is 10.0. The van der Waals surface area contributed by atoms with Gasteiger partial charge in [-0.15, -0.1) is 0 Å². The van der Waals surface area contributed by atoms with Crippen LogP contribution in [0.2, 0.25) is 0 Å². The van der Waals surface area contributed by atoms with E-state index in [1.807, 2.05) is 4.90 Å². The highest BCUT2D eigenvalue weighted by Crippen LogP contribution is 2.28. The molecule has 0 spiro atoms. The van der Waals surface area contributed by atoms with E-state index in [0.717, 1.165) is 26.2 Å². The Bertz CT molecular complexity index is 243. The Hall–Kier alpha value is -0.610. The van der Waals surface area contributed by atoms with Gasteiger partial charge >= 0.3 is 0 Å². The zero-order valence-corrected chi connectivity index (χ0v) is 10.2. The maximum atomic E-state index is 11.9. The third-order valence-electron chi connectivity index (χ3n) is 3.84. The summed E-state index contributed by atoms with van der Waals surface area (Å²) in [6.45, 7) is 6.34. The third kappa shape index (κ3) is 2.95. The number of hydrogen-bond acceptors (Lipinski definition) is 3. The molecule has 2 rings (SSSR count). The molecule has 1 amide bonds. The first-order chi connectivity index (χ1) is 7.70. The van der Waals surface area contributed by atoms with Crippen LogP contribution in [0.4, 0.5) is 0 Å². The van der Waals surface area contributed by atoms with Crippen LogP contribution in [0.1, 0.15) is 32.6 Å². The average molecular weight is 225 g/mol. The summed E-state index contributed by atoms with van der Waals surface area (Å²) >= 11 is 0. The quantitative estimate of drug-likeness (QED) is 0.728. The molecular formula is C12H23N3O. The zero-order valence-electron chi connectivity index (χ0n) is 10.2. The lowest BCUT2D eigenvalue weighted by molar-refractivity contribution is -0.131. The molecule has 1 saturated heterocycles. The van der Waals surface area contributed by atoms with Crippen LogP contribution in [0.25, 0.3) is 0 Å². The fourth-order valence-corrected chi connectivity index (χ4v) is 2.65. The average Bonchev–Trinajstić information content (AvgIpc) is 2.75. The van der Waals surface area contributed by atoms with E-state index in [-0.39, 0.29) is 11.4 Å². The Morgan fingerprint density at radius 1 is 1.31 bits per heavy atom. The highest BCUT2D eigenvalue weighted by molar-refractivity contribution is 5.78. The molecule has 1 saturated carbocycles. The molecule has 1 heterocycles. The van der Waals surface area contributed by atoms with Crippen molar-refractivity contribution in [2.45, 2.75) is 38.1 Å². The van der Waals surface area contributed by atoms with Gasteiger partial charge < -0.3 is 15.5 Å². The molecule has 0 aromatic heterocycles. The molecule has 0 unspecified atom stereocenters. The van der Waals surface area contributed by atoms with E-state index >= 15 is 0 Å². The van der Waals surface area contributed by atoms with Crippen LogP contribution in [-0.4, -0.2) is 49.1 Å². The second kappa shape index (κ2) is 5.15. The highest BCUT2D eigenvalue weighted by atomic mass is 16.2. The number of nitrogens with zero attached hydrogens (tertiary/aromatic N) is 1. The maximum absolute atomic E-state index is 11.9. The summed E-state index contributed by atoms with van der Waals surface area (Å²) < 4.78 is 0. The molecule has 2 fully saturated rings. The Kier molecular flexibility index (Phi) is 3.82. The fourth-order valence-electron chi connectivity index (χ4n) is 2.65. The van der Waals surface area contributed by atoms with Crippen molar-refractivity contribution in [2.24, 2.45) is 0 Å². The smallest absolute Gasteiger partial charge is 0.236 e. The summed E-state index contributed by atoms with van der Waals surface area (Å²) in [6, 6.07) is 0. The molecule has 0 bridgehead atoms. The standard InChI is InChI=1S/C12H23N3O/c1-12(4-2-3-5-12)14-10-11(16)15-8-6-13-7-9-15/h13-14H,2-10H2,1H3. The molecule has 1 aliphatic carbocycles. The van der Waals surface area contributed by atoms with E-state index in [2.05, 4.69) is 17.6 Å². The minimum absolute atomic E-state index is 0.212. The van der Waals surface area contributed by atoms with E-state index in [9.17, 15) is 4.79 Å². The molecular weight excluding hydrogens is 202 g/mol. The lowest BCUT2D eigenvalue weighted by Crippen LogP contribution is -2.51. The first-order valence-electron chi connectivity index (χ1n) is 6.43. The predicted octanol–water partition coefficient (Wildman–Crippen LogP) is 0.341. The van der Waals surface area contributed by atoms with E-state index in [1.165, 1.54) is 25.7 Å². The molecule has 4 heteroatoms. The molecule has 0 aromatic rings. The van der Waals surface area contributed by atoms with Crippen molar-refractivity contribution in [1.82, 2.24) is 15.5 Å². The molecule has 2 aliphatic rings. The summed E-state index contributed by atoms with van der Waals surface area (Å²) in [5, 5.41) is 6.70. The number of carbonyl (C=O) groups excluding carboxylic acids is 1. The van der Waals surface area contributed by atoms with Gasteiger partial charge in [0.1, 0.15) is 0 Å². The van der Waals surface area contributed by atoms with Gasteiger partial charge in [-0.2, -0.15) is 0 Å². The highest BCUT2D eigenvalue weighted by Gasteiger charge is 2.29. The number of amides is 1. The Morgan fingerprint density at radius 2 is 1.94 bits per heavy atom. The van der Waals surface area contributed by atoms with Gasteiger partial charge in [0.15, 0.2) is 0 Å². The van der Waals surface area contributed by atoms with E-state index in [4.69, 9.17) is 0 Å². The van der Waals surface area contributed by atoms with Gasteiger partial charge in [-0.25, -0.2) is 0 Å². The normalized spacial score (nSPS) is 24.7. The number of carbonyl (C=O) groups is 1. The SMILES string of the molecule is CC1(NCC(=O)N2CCNCC2)CCCC1. The van der Waals surface area contributed by atoms with Crippen molar-refractivity contribution < 1.29 is 4.79 Å².